The number of allylic oxidation sites excluding steroid dienone is 1. The molecule has 5 heteroatoms. The van der Waals surface area contributed by atoms with Gasteiger partial charge in [0.25, 0.3) is 0 Å². The van der Waals surface area contributed by atoms with Crippen molar-refractivity contribution in [3.05, 3.63) is 84.1 Å². The largest absolute Gasteiger partial charge is 0.496 e. The number of fused-ring (bicyclic) bond motifs is 1. The molecule has 1 N–H and O–H groups in total. The van der Waals surface area contributed by atoms with Gasteiger partial charge in [-0.25, -0.2) is 0 Å². The first-order chi connectivity index (χ1) is 15.5. The molecule has 0 aliphatic carbocycles. The second-order valence-electron chi connectivity index (χ2n) is 7.49. The van der Waals surface area contributed by atoms with Gasteiger partial charge in [0, 0.05) is 33.0 Å². The zero-order valence-electron chi connectivity index (χ0n) is 18.6. The van der Waals surface area contributed by atoms with E-state index in [9.17, 15) is 4.79 Å². The molecular weight excluding hydrogens is 418 g/mol. The van der Waals surface area contributed by atoms with E-state index in [-0.39, 0.29) is 5.91 Å². The van der Waals surface area contributed by atoms with Crippen molar-refractivity contribution >= 4 is 39.9 Å². The number of thioether (sulfide) groups is 1. The van der Waals surface area contributed by atoms with Crippen LogP contribution in [0.25, 0.3) is 27.7 Å². The Kier molecular flexibility index (Phi) is 6.37. The van der Waals surface area contributed by atoms with Crippen molar-refractivity contribution in [2.75, 3.05) is 18.7 Å². The number of para-hydroxylation sites is 1. The second kappa shape index (κ2) is 9.37. The molecule has 0 saturated carbocycles. The molecule has 4 rings (SSSR count). The number of aryl methyl sites for hydroxylation is 1. The molecule has 1 amide bonds. The van der Waals surface area contributed by atoms with Crippen molar-refractivity contribution in [2.45, 2.75) is 18.7 Å². The lowest BCUT2D eigenvalue weighted by molar-refractivity contribution is -0.111. The molecule has 1 aromatic heterocycles. The van der Waals surface area contributed by atoms with Gasteiger partial charge in [-0.1, -0.05) is 42.5 Å². The number of methoxy groups -OCH3 is 1. The van der Waals surface area contributed by atoms with Gasteiger partial charge in [-0.3, -0.25) is 4.79 Å². The average molecular weight is 444 g/mol. The fourth-order valence-corrected chi connectivity index (χ4v) is 4.46. The summed E-state index contributed by atoms with van der Waals surface area (Å²) in [5.74, 6) is 0.525. The summed E-state index contributed by atoms with van der Waals surface area (Å²) in [4.78, 5) is 13.8. The minimum atomic E-state index is -0.181. The maximum Gasteiger partial charge on any atom is 0.248 e. The number of carbonyl (C=O) groups is 1. The van der Waals surface area contributed by atoms with E-state index in [0.717, 1.165) is 49.4 Å². The lowest BCUT2D eigenvalue weighted by atomic mass is 9.96. The summed E-state index contributed by atoms with van der Waals surface area (Å²) in [5, 5.41) is 3.98. The van der Waals surface area contributed by atoms with E-state index in [1.54, 1.807) is 31.2 Å². The summed E-state index contributed by atoms with van der Waals surface area (Å²) < 4.78 is 11.6. The summed E-state index contributed by atoms with van der Waals surface area (Å²) in [6.45, 7) is 3.90. The van der Waals surface area contributed by atoms with Gasteiger partial charge in [-0.05, 0) is 49.4 Å². The van der Waals surface area contributed by atoms with E-state index >= 15 is 0 Å². The molecular formula is C27H25NO3S. The number of hydrogen-bond acceptors (Lipinski definition) is 4. The molecule has 0 unspecified atom stereocenters. The minimum absolute atomic E-state index is 0.181. The van der Waals surface area contributed by atoms with Crippen LogP contribution in [0.5, 0.6) is 5.75 Å². The van der Waals surface area contributed by atoms with Crippen LogP contribution in [0, 0.1) is 6.92 Å². The summed E-state index contributed by atoms with van der Waals surface area (Å²) in [7, 11) is 1.64. The van der Waals surface area contributed by atoms with Gasteiger partial charge in [0.15, 0.2) is 0 Å². The molecule has 0 bridgehead atoms. The number of amides is 1. The van der Waals surface area contributed by atoms with Crippen LogP contribution in [0.4, 0.5) is 5.69 Å². The van der Waals surface area contributed by atoms with Gasteiger partial charge < -0.3 is 14.5 Å². The molecule has 0 aliphatic heterocycles. The smallest absolute Gasteiger partial charge is 0.248 e. The van der Waals surface area contributed by atoms with E-state index in [2.05, 4.69) is 17.4 Å². The normalized spacial score (nSPS) is 11.6. The highest BCUT2D eigenvalue weighted by atomic mass is 32.2. The fraction of sp³-hybridized carbons (Fsp3) is 0.148. The molecule has 0 aliphatic rings. The molecule has 1 heterocycles. The van der Waals surface area contributed by atoms with Crippen molar-refractivity contribution in [1.82, 2.24) is 0 Å². The molecule has 0 fully saturated rings. The molecule has 162 valence electrons. The van der Waals surface area contributed by atoms with Crippen molar-refractivity contribution in [3.63, 3.8) is 0 Å². The lowest BCUT2D eigenvalue weighted by Crippen LogP contribution is -2.09. The Hall–Kier alpha value is -3.44. The Balaban J connectivity index is 1.76. The Morgan fingerprint density at radius 1 is 1.09 bits per heavy atom. The first-order valence-electron chi connectivity index (χ1n) is 10.3. The molecule has 0 saturated heterocycles. The molecule has 4 nitrogen and oxygen atoms in total. The Bertz CT molecular complexity index is 1310. The Labute approximate surface area is 192 Å². The molecule has 3 aromatic carbocycles. The van der Waals surface area contributed by atoms with Gasteiger partial charge in [0.05, 0.1) is 19.1 Å². The summed E-state index contributed by atoms with van der Waals surface area (Å²) in [5.41, 5.74) is 6.26. The van der Waals surface area contributed by atoms with Crippen LogP contribution in [0.3, 0.4) is 0 Å². The highest BCUT2D eigenvalue weighted by molar-refractivity contribution is 7.98. The topological polar surface area (TPSA) is 51.5 Å². The number of nitrogens with one attached hydrogen (secondary N) is 1. The molecule has 32 heavy (non-hydrogen) atoms. The van der Waals surface area contributed by atoms with E-state index in [1.165, 1.54) is 0 Å². The first-order valence-corrected chi connectivity index (χ1v) is 11.5. The number of ether oxygens (including phenoxy) is 1. The average Bonchev–Trinajstić information content (AvgIpc) is 3.24. The SMILES string of the molecule is COc1c(/C(C)=C/C(=O)Nc2ccccc2SC)cc2c(-c3ccccc3)coc2c1C. The van der Waals surface area contributed by atoms with Crippen LogP contribution in [0.15, 0.2) is 82.3 Å². The van der Waals surface area contributed by atoms with Crippen LogP contribution >= 0.6 is 11.8 Å². The molecule has 0 spiro atoms. The van der Waals surface area contributed by atoms with E-state index < -0.39 is 0 Å². The summed E-state index contributed by atoms with van der Waals surface area (Å²) >= 11 is 1.60. The van der Waals surface area contributed by atoms with Gasteiger partial charge in [0.1, 0.15) is 11.3 Å². The number of benzene rings is 3. The number of hydrogen-bond donors (Lipinski definition) is 1. The fourth-order valence-electron chi connectivity index (χ4n) is 3.90. The van der Waals surface area contributed by atoms with E-state index in [0.29, 0.717) is 5.75 Å². The van der Waals surface area contributed by atoms with Crippen molar-refractivity contribution < 1.29 is 13.9 Å². The highest BCUT2D eigenvalue weighted by Gasteiger charge is 2.18. The standard InChI is InChI=1S/C27H25NO3S/c1-17(14-25(29)28-23-12-8-9-13-24(23)32-4)20-15-21-22(19-10-6-5-7-11-19)16-31-27(21)18(2)26(20)30-3/h5-16H,1-4H3,(H,28,29)/b17-14+. The predicted octanol–water partition coefficient (Wildman–Crippen LogP) is 7.18. The van der Waals surface area contributed by atoms with Gasteiger partial charge in [0.2, 0.25) is 5.91 Å². The first kappa shape index (κ1) is 21.8. The third kappa shape index (κ3) is 4.16. The van der Waals surface area contributed by atoms with E-state index in [4.69, 9.17) is 9.15 Å². The minimum Gasteiger partial charge on any atom is -0.496 e. The third-order valence-electron chi connectivity index (χ3n) is 5.47. The number of rotatable bonds is 6. The lowest BCUT2D eigenvalue weighted by Gasteiger charge is -2.14. The van der Waals surface area contributed by atoms with Gasteiger partial charge in [-0.2, -0.15) is 0 Å². The quantitative estimate of drug-likeness (QED) is 0.253. The monoisotopic (exact) mass is 443 g/mol. The van der Waals surface area contributed by atoms with Crippen LogP contribution in [0.1, 0.15) is 18.1 Å². The maximum atomic E-state index is 12.8. The van der Waals surface area contributed by atoms with Crippen LogP contribution < -0.4 is 10.1 Å². The van der Waals surface area contributed by atoms with Gasteiger partial charge >= 0.3 is 0 Å². The van der Waals surface area contributed by atoms with Crippen LogP contribution in [-0.4, -0.2) is 19.3 Å². The third-order valence-corrected chi connectivity index (χ3v) is 6.27. The highest BCUT2D eigenvalue weighted by Crippen LogP contribution is 2.40. The molecule has 0 radical (unpaired) electrons. The predicted molar refractivity (Wildman–Crippen MR) is 133 cm³/mol. The Morgan fingerprint density at radius 3 is 2.53 bits per heavy atom. The van der Waals surface area contributed by atoms with Gasteiger partial charge in [-0.15, -0.1) is 11.8 Å². The number of anilines is 1. The van der Waals surface area contributed by atoms with Crippen molar-refractivity contribution in [1.29, 1.82) is 0 Å². The number of carbonyl (C=O) groups excluding carboxylic acids is 1. The van der Waals surface area contributed by atoms with Crippen LogP contribution in [-0.2, 0) is 4.79 Å². The maximum absolute atomic E-state index is 12.8. The van der Waals surface area contributed by atoms with Crippen LogP contribution in [0.2, 0.25) is 0 Å². The second-order valence-corrected chi connectivity index (χ2v) is 8.34. The summed E-state index contributed by atoms with van der Waals surface area (Å²) in [6, 6.07) is 19.9. The zero-order valence-corrected chi connectivity index (χ0v) is 19.4. The number of furan rings is 1. The Morgan fingerprint density at radius 2 is 1.81 bits per heavy atom. The van der Waals surface area contributed by atoms with Crippen molar-refractivity contribution in [2.24, 2.45) is 0 Å². The zero-order chi connectivity index (χ0) is 22.7. The van der Waals surface area contributed by atoms with Crippen molar-refractivity contribution in [3.8, 4) is 16.9 Å². The molecule has 4 aromatic rings. The summed E-state index contributed by atoms with van der Waals surface area (Å²) in [6.07, 6.45) is 5.38. The molecule has 0 atom stereocenters. The van der Waals surface area contributed by atoms with E-state index in [1.807, 2.05) is 68.6 Å².